The predicted molar refractivity (Wildman–Crippen MR) is 81.5 cm³/mol. The van der Waals surface area contributed by atoms with Gasteiger partial charge in [-0.1, -0.05) is 6.92 Å². The quantitative estimate of drug-likeness (QED) is 0.855. The summed E-state index contributed by atoms with van der Waals surface area (Å²) in [6.45, 7) is 8.90. The number of ether oxygens (including phenoxy) is 1. The summed E-state index contributed by atoms with van der Waals surface area (Å²) >= 11 is 0. The number of carbonyl (C=O) groups excluding carboxylic acids is 1. The Balaban J connectivity index is 2.30. The van der Waals surface area contributed by atoms with Gasteiger partial charge in [-0.2, -0.15) is 0 Å². The van der Waals surface area contributed by atoms with Crippen LogP contribution in [-0.4, -0.2) is 25.2 Å². The Morgan fingerprint density at radius 2 is 2.10 bits per heavy atom. The third-order valence-electron chi connectivity index (χ3n) is 3.37. The van der Waals surface area contributed by atoms with Crippen molar-refractivity contribution in [2.75, 3.05) is 18.6 Å². The Labute approximate surface area is 121 Å². The summed E-state index contributed by atoms with van der Waals surface area (Å²) in [5.74, 6) is 1.29. The number of anilines is 1. The molecule has 2 rings (SSSR count). The van der Waals surface area contributed by atoms with E-state index in [-0.39, 0.29) is 11.6 Å². The third-order valence-corrected chi connectivity index (χ3v) is 3.37. The minimum atomic E-state index is -0.232. The lowest BCUT2D eigenvalue weighted by atomic mass is 9.94. The maximum absolute atomic E-state index is 12.5. The lowest BCUT2D eigenvalue weighted by molar-refractivity contribution is 0.236. The molecule has 4 nitrogen and oxygen atoms in total. The number of rotatable bonds is 1. The second kappa shape index (κ2) is 5.35. The van der Waals surface area contributed by atoms with Crippen LogP contribution < -0.4 is 15.0 Å². The summed E-state index contributed by atoms with van der Waals surface area (Å²) in [4.78, 5) is 14.3. The highest BCUT2D eigenvalue weighted by Gasteiger charge is 2.28. The number of hydrogen-bond acceptors (Lipinski definition) is 2. The first kappa shape index (κ1) is 14.7. The number of carbonyl (C=O) groups is 1. The number of nitrogens with zero attached hydrogens (tertiary/aromatic N) is 1. The predicted octanol–water partition coefficient (Wildman–Crippen LogP) is 3.20. The van der Waals surface area contributed by atoms with Crippen LogP contribution in [0.3, 0.4) is 0 Å². The molecule has 1 aliphatic heterocycles. The molecule has 0 aromatic heterocycles. The molecule has 0 fully saturated rings. The summed E-state index contributed by atoms with van der Waals surface area (Å²) < 4.78 is 5.27. The van der Waals surface area contributed by atoms with E-state index in [2.05, 4.69) is 12.2 Å². The van der Waals surface area contributed by atoms with Gasteiger partial charge in [-0.05, 0) is 56.9 Å². The first-order valence-corrected chi connectivity index (χ1v) is 7.07. The fraction of sp³-hybridized carbons (Fsp3) is 0.562. The van der Waals surface area contributed by atoms with E-state index < -0.39 is 0 Å². The Morgan fingerprint density at radius 3 is 2.70 bits per heavy atom. The smallest absolute Gasteiger partial charge is 0.322 e. The van der Waals surface area contributed by atoms with Gasteiger partial charge in [0.25, 0.3) is 0 Å². The molecule has 0 bridgehead atoms. The summed E-state index contributed by atoms with van der Waals surface area (Å²) in [5, 5.41) is 3.03. The Bertz CT molecular complexity index is 506. The van der Waals surface area contributed by atoms with Crippen LogP contribution in [0.15, 0.2) is 18.2 Å². The molecule has 1 heterocycles. The number of nitrogens with one attached hydrogen (secondary N) is 1. The molecule has 4 heteroatoms. The molecule has 1 N–H and O–H groups in total. The van der Waals surface area contributed by atoms with Crippen molar-refractivity contribution in [2.24, 2.45) is 5.92 Å². The first-order valence-electron chi connectivity index (χ1n) is 7.07. The van der Waals surface area contributed by atoms with Crippen molar-refractivity contribution in [1.29, 1.82) is 0 Å². The van der Waals surface area contributed by atoms with E-state index in [0.717, 1.165) is 24.4 Å². The van der Waals surface area contributed by atoms with E-state index >= 15 is 0 Å². The van der Waals surface area contributed by atoms with Gasteiger partial charge in [0.2, 0.25) is 0 Å². The maximum atomic E-state index is 12.5. The van der Waals surface area contributed by atoms with E-state index in [4.69, 9.17) is 4.74 Å². The minimum absolute atomic E-state index is 0.0320. The molecule has 0 aliphatic carbocycles. The van der Waals surface area contributed by atoms with Crippen LogP contribution >= 0.6 is 0 Å². The standard InChI is InChI=1S/C16H24N2O2/c1-11-8-12-9-13(20-5)6-7-14(12)18(10-11)15(19)17-16(2,3)4/h6-7,9,11H,8,10H2,1-5H3,(H,17,19). The van der Waals surface area contributed by atoms with Crippen LogP contribution in [-0.2, 0) is 6.42 Å². The normalized spacial score (nSPS) is 18.4. The summed E-state index contributed by atoms with van der Waals surface area (Å²) in [5.41, 5.74) is 1.93. The van der Waals surface area contributed by atoms with Gasteiger partial charge in [-0.25, -0.2) is 4.79 Å². The summed E-state index contributed by atoms with van der Waals surface area (Å²) in [7, 11) is 1.66. The van der Waals surface area contributed by atoms with Gasteiger partial charge in [-0.15, -0.1) is 0 Å². The molecular weight excluding hydrogens is 252 g/mol. The minimum Gasteiger partial charge on any atom is -0.497 e. The number of fused-ring (bicyclic) bond motifs is 1. The van der Waals surface area contributed by atoms with Crippen molar-refractivity contribution < 1.29 is 9.53 Å². The molecule has 0 radical (unpaired) electrons. The Hall–Kier alpha value is -1.71. The van der Waals surface area contributed by atoms with Crippen molar-refractivity contribution in [1.82, 2.24) is 5.32 Å². The van der Waals surface area contributed by atoms with Crippen molar-refractivity contribution in [3.8, 4) is 5.75 Å². The molecule has 1 atom stereocenters. The number of hydrogen-bond donors (Lipinski definition) is 1. The van der Waals surface area contributed by atoms with E-state index in [0.29, 0.717) is 5.92 Å². The fourth-order valence-corrected chi connectivity index (χ4v) is 2.55. The molecule has 1 aromatic carbocycles. The molecule has 0 spiro atoms. The monoisotopic (exact) mass is 276 g/mol. The molecule has 0 saturated heterocycles. The Kier molecular flexibility index (Phi) is 3.93. The zero-order valence-electron chi connectivity index (χ0n) is 13.0. The second-order valence-corrected chi connectivity index (χ2v) is 6.59. The van der Waals surface area contributed by atoms with Gasteiger partial charge in [0.05, 0.1) is 7.11 Å². The van der Waals surface area contributed by atoms with E-state index in [1.165, 1.54) is 5.56 Å². The van der Waals surface area contributed by atoms with Crippen LogP contribution in [0.1, 0.15) is 33.3 Å². The van der Waals surface area contributed by atoms with Gasteiger partial charge in [0.15, 0.2) is 0 Å². The van der Waals surface area contributed by atoms with Crippen molar-refractivity contribution in [3.05, 3.63) is 23.8 Å². The highest BCUT2D eigenvalue weighted by molar-refractivity contribution is 5.93. The van der Waals surface area contributed by atoms with Crippen molar-refractivity contribution in [2.45, 2.75) is 39.7 Å². The summed E-state index contributed by atoms with van der Waals surface area (Å²) in [6, 6.07) is 5.88. The molecule has 110 valence electrons. The number of amides is 2. The van der Waals surface area contributed by atoms with Crippen LogP contribution in [0.4, 0.5) is 10.5 Å². The molecular formula is C16H24N2O2. The highest BCUT2D eigenvalue weighted by atomic mass is 16.5. The van der Waals surface area contributed by atoms with Crippen LogP contribution in [0.25, 0.3) is 0 Å². The molecule has 20 heavy (non-hydrogen) atoms. The van der Waals surface area contributed by atoms with Gasteiger partial charge in [0.1, 0.15) is 5.75 Å². The second-order valence-electron chi connectivity index (χ2n) is 6.59. The van der Waals surface area contributed by atoms with E-state index in [1.54, 1.807) is 7.11 Å². The summed E-state index contributed by atoms with van der Waals surface area (Å²) in [6.07, 6.45) is 0.978. The lowest BCUT2D eigenvalue weighted by Crippen LogP contribution is -2.51. The maximum Gasteiger partial charge on any atom is 0.322 e. The molecule has 2 amide bonds. The van der Waals surface area contributed by atoms with Crippen molar-refractivity contribution >= 4 is 11.7 Å². The Morgan fingerprint density at radius 1 is 1.40 bits per heavy atom. The van der Waals surface area contributed by atoms with Gasteiger partial charge in [0, 0.05) is 17.8 Å². The zero-order chi connectivity index (χ0) is 14.9. The molecule has 1 aromatic rings. The largest absolute Gasteiger partial charge is 0.497 e. The van der Waals surface area contributed by atoms with Crippen LogP contribution in [0, 0.1) is 5.92 Å². The third kappa shape index (κ3) is 3.24. The number of benzene rings is 1. The van der Waals surface area contributed by atoms with Crippen LogP contribution in [0.2, 0.25) is 0 Å². The average molecular weight is 276 g/mol. The van der Waals surface area contributed by atoms with Crippen LogP contribution in [0.5, 0.6) is 5.75 Å². The van der Waals surface area contributed by atoms with Gasteiger partial charge < -0.3 is 10.1 Å². The van der Waals surface area contributed by atoms with Crippen molar-refractivity contribution in [3.63, 3.8) is 0 Å². The molecule has 1 unspecified atom stereocenters. The first-order chi connectivity index (χ1) is 9.30. The van der Waals surface area contributed by atoms with Gasteiger partial charge >= 0.3 is 6.03 Å². The SMILES string of the molecule is COc1ccc2c(c1)CC(C)CN2C(=O)NC(C)(C)C. The van der Waals surface area contributed by atoms with E-state index in [9.17, 15) is 4.79 Å². The molecule has 1 aliphatic rings. The highest BCUT2D eigenvalue weighted by Crippen LogP contribution is 2.32. The fourth-order valence-electron chi connectivity index (χ4n) is 2.55. The number of urea groups is 1. The average Bonchev–Trinajstić information content (AvgIpc) is 2.34. The van der Waals surface area contributed by atoms with Gasteiger partial charge in [-0.3, -0.25) is 4.90 Å². The zero-order valence-corrected chi connectivity index (χ0v) is 13.0. The van der Waals surface area contributed by atoms with E-state index in [1.807, 2.05) is 43.9 Å². The molecule has 0 saturated carbocycles. The topological polar surface area (TPSA) is 41.6 Å². The lowest BCUT2D eigenvalue weighted by Gasteiger charge is -2.35. The number of methoxy groups -OCH3 is 1.